The third-order valence-electron chi connectivity index (χ3n) is 8.22. The lowest BCUT2D eigenvalue weighted by Crippen LogP contribution is -2.49. The Hall–Kier alpha value is -3.61. The van der Waals surface area contributed by atoms with Gasteiger partial charge in [0.05, 0.1) is 18.8 Å². The number of ether oxygens (including phenoxy) is 1. The minimum atomic E-state index is -4.68. The van der Waals surface area contributed by atoms with E-state index in [1.807, 2.05) is 0 Å². The molecule has 1 saturated heterocycles. The van der Waals surface area contributed by atoms with Gasteiger partial charge < -0.3 is 30.5 Å². The summed E-state index contributed by atoms with van der Waals surface area (Å²) in [6.07, 6.45) is 0.804. The molecule has 2 amide bonds. The van der Waals surface area contributed by atoms with E-state index in [9.17, 15) is 22.8 Å². The van der Waals surface area contributed by atoms with E-state index in [1.54, 1.807) is 30.1 Å². The zero-order chi connectivity index (χ0) is 30.4. The Morgan fingerprint density at radius 1 is 1.14 bits per heavy atom. The number of likely N-dealkylation sites (tertiary alicyclic amines) is 1. The summed E-state index contributed by atoms with van der Waals surface area (Å²) >= 11 is 0. The summed E-state index contributed by atoms with van der Waals surface area (Å²) in [6.45, 7) is 6.43. The number of carbonyl (C=O) groups is 2. The largest absolute Gasteiger partial charge is 0.495 e. The van der Waals surface area contributed by atoms with Gasteiger partial charge in [0.25, 0.3) is 5.91 Å². The number of likely N-dealkylation sites (N-methyl/N-ethyl adjacent to an activating group) is 1. The molecule has 42 heavy (non-hydrogen) atoms. The van der Waals surface area contributed by atoms with Crippen molar-refractivity contribution in [1.29, 1.82) is 0 Å². The Morgan fingerprint density at radius 3 is 2.50 bits per heavy atom. The lowest BCUT2D eigenvalue weighted by atomic mass is 9.89. The number of methoxy groups -OCH3 is 1. The molecular formula is C29H40F3N7O3. The number of alkyl halides is 3. The van der Waals surface area contributed by atoms with Crippen molar-refractivity contribution in [3.8, 4) is 5.75 Å². The Labute approximate surface area is 244 Å². The molecule has 2 aliphatic rings. The first-order valence-electron chi connectivity index (χ1n) is 14.4. The first kappa shape index (κ1) is 31.3. The maximum absolute atomic E-state index is 13.9. The summed E-state index contributed by atoms with van der Waals surface area (Å²) in [5.41, 5.74) is -0.196. The average molecular weight is 592 g/mol. The Morgan fingerprint density at radius 2 is 1.86 bits per heavy atom. The standard InChI is InChI=1S/C29H40F3N7O3/c1-5-39-14-12-20(13-15-39)34-27(41)19-10-11-23(25(16-19)42-4)36-28-33-17-21(29(30,31)32)26(37-28)35-22-8-6-7-9-24(22)38(3)18(2)40/h10-11,16-17,20,22,24H,5-9,12-15H2,1-4H3,(H,34,41)(H2,33,35,36,37)/t22-,24-/m1/s1. The lowest BCUT2D eigenvalue weighted by molar-refractivity contribution is -0.137. The second kappa shape index (κ2) is 13.6. The van der Waals surface area contributed by atoms with Crippen LogP contribution in [-0.4, -0.2) is 83.5 Å². The smallest absolute Gasteiger partial charge is 0.421 e. The van der Waals surface area contributed by atoms with Crippen molar-refractivity contribution in [2.24, 2.45) is 0 Å². The first-order valence-corrected chi connectivity index (χ1v) is 14.4. The van der Waals surface area contributed by atoms with Gasteiger partial charge in [-0.1, -0.05) is 19.8 Å². The predicted molar refractivity (Wildman–Crippen MR) is 154 cm³/mol. The monoisotopic (exact) mass is 591 g/mol. The lowest BCUT2D eigenvalue weighted by Gasteiger charge is -2.38. The van der Waals surface area contributed by atoms with Gasteiger partial charge in [-0.25, -0.2) is 4.98 Å². The van der Waals surface area contributed by atoms with Gasteiger partial charge in [-0.2, -0.15) is 18.2 Å². The van der Waals surface area contributed by atoms with Crippen LogP contribution in [0.2, 0.25) is 0 Å². The van der Waals surface area contributed by atoms with Crippen molar-refractivity contribution < 1.29 is 27.5 Å². The van der Waals surface area contributed by atoms with Gasteiger partial charge in [-0.05, 0) is 50.4 Å². The molecule has 13 heteroatoms. The maximum Gasteiger partial charge on any atom is 0.421 e. The number of hydrogen-bond acceptors (Lipinski definition) is 8. The molecule has 3 N–H and O–H groups in total. The number of nitrogens with zero attached hydrogens (tertiary/aromatic N) is 4. The molecule has 2 fully saturated rings. The van der Waals surface area contributed by atoms with Gasteiger partial charge >= 0.3 is 6.18 Å². The maximum atomic E-state index is 13.9. The SMILES string of the molecule is CCN1CCC(NC(=O)c2ccc(Nc3ncc(C(F)(F)F)c(N[C@@H]4CCCC[C@H]4N(C)C(C)=O)n3)c(OC)c2)CC1. The summed E-state index contributed by atoms with van der Waals surface area (Å²) in [4.78, 5) is 37.0. The molecule has 230 valence electrons. The van der Waals surface area contributed by atoms with Crippen molar-refractivity contribution in [2.75, 3.05) is 44.4 Å². The van der Waals surface area contributed by atoms with E-state index in [2.05, 4.69) is 37.7 Å². The third kappa shape index (κ3) is 7.61. The highest BCUT2D eigenvalue weighted by molar-refractivity contribution is 5.95. The normalized spacial score (nSPS) is 20.1. The van der Waals surface area contributed by atoms with E-state index in [-0.39, 0.29) is 35.7 Å². The van der Waals surface area contributed by atoms with Gasteiger partial charge in [0.2, 0.25) is 11.9 Å². The van der Waals surface area contributed by atoms with Crippen LogP contribution in [-0.2, 0) is 11.0 Å². The Bertz CT molecular complexity index is 1250. The van der Waals surface area contributed by atoms with Crippen molar-refractivity contribution in [3.63, 3.8) is 0 Å². The molecule has 1 saturated carbocycles. The molecule has 10 nitrogen and oxygen atoms in total. The van der Waals surface area contributed by atoms with E-state index in [0.717, 1.165) is 51.5 Å². The number of piperidine rings is 1. The van der Waals surface area contributed by atoms with Crippen molar-refractivity contribution >= 4 is 29.3 Å². The van der Waals surface area contributed by atoms with Crippen LogP contribution in [0.25, 0.3) is 0 Å². The quantitative estimate of drug-likeness (QED) is 0.386. The van der Waals surface area contributed by atoms with Gasteiger partial charge in [0.1, 0.15) is 17.1 Å². The molecule has 2 atom stereocenters. The van der Waals surface area contributed by atoms with Crippen molar-refractivity contribution in [3.05, 3.63) is 35.5 Å². The molecule has 2 aromatic rings. The van der Waals surface area contributed by atoms with Crippen LogP contribution in [0.5, 0.6) is 5.75 Å². The predicted octanol–water partition coefficient (Wildman–Crippen LogP) is 4.66. The molecule has 1 aliphatic heterocycles. The van der Waals surface area contributed by atoms with Gasteiger partial charge in [0.15, 0.2) is 0 Å². The zero-order valence-electron chi connectivity index (χ0n) is 24.6. The second-order valence-corrected chi connectivity index (χ2v) is 10.9. The fourth-order valence-corrected chi connectivity index (χ4v) is 5.63. The Kier molecular flexibility index (Phi) is 10.1. The Balaban J connectivity index is 1.52. The highest BCUT2D eigenvalue weighted by atomic mass is 19.4. The average Bonchev–Trinajstić information content (AvgIpc) is 2.97. The summed E-state index contributed by atoms with van der Waals surface area (Å²) in [6, 6.07) is 4.23. The number of anilines is 3. The molecule has 0 radical (unpaired) electrons. The van der Waals surface area contributed by atoms with Crippen LogP contribution in [0.15, 0.2) is 24.4 Å². The van der Waals surface area contributed by atoms with Crippen LogP contribution in [0.3, 0.4) is 0 Å². The summed E-state index contributed by atoms with van der Waals surface area (Å²) in [5.74, 6) is -0.490. The number of aromatic nitrogens is 2. The van der Waals surface area contributed by atoms with Crippen LogP contribution in [0.4, 0.5) is 30.6 Å². The highest BCUT2D eigenvalue weighted by Gasteiger charge is 2.38. The number of benzene rings is 1. The molecule has 1 aromatic carbocycles. The number of rotatable bonds is 9. The number of halogens is 3. The topological polar surface area (TPSA) is 112 Å². The minimum Gasteiger partial charge on any atom is -0.495 e. The van der Waals surface area contributed by atoms with Crippen LogP contribution in [0.1, 0.15) is 68.3 Å². The summed E-state index contributed by atoms with van der Waals surface area (Å²) in [7, 11) is 3.11. The number of carbonyl (C=O) groups excluding carboxylic acids is 2. The van der Waals surface area contributed by atoms with E-state index in [4.69, 9.17) is 4.74 Å². The van der Waals surface area contributed by atoms with Gasteiger partial charge in [0, 0.05) is 50.9 Å². The van der Waals surface area contributed by atoms with E-state index in [1.165, 1.54) is 14.0 Å². The second-order valence-electron chi connectivity index (χ2n) is 10.9. The van der Waals surface area contributed by atoms with Crippen LogP contribution < -0.4 is 20.7 Å². The number of nitrogens with one attached hydrogen (secondary N) is 3. The molecule has 2 heterocycles. The summed E-state index contributed by atoms with van der Waals surface area (Å²) < 4.78 is 47.3. The van der Waals surface area contributed by atoms with Crippen molar-refractivity contribution in [2.45, 2.75) is 76.7 Å². The highest BCUT2D eigenvalue weighted by Crippen LogP contribution is 2.36. The van der Waals surface area contributed by atoms with E-state index < -0.39 is 17.8 Å². The molecule has 4 rings (SSSR count). The number of hydrogen-bond donors (Lipinski definition) is 3. The van der Waals surface area contributed by atoms with E-state index in [0.29, 0.717) is 29.8 Å². The molecule has 0 spiro atoms. The van der Waals surface area contributed by atoms with Crippen LogP contribution in [0, 0.1) is 0 Å². The molecule has 1 aromatic heterocycles. The van der Waals surface area contributed by atoms with Crippen molar-refractivity contribution in [1.82, 2.24) is 25.1 Å². The van der Waals surface area contributed by atoms with Gasteiger partial charge in [-0.3, -0.25) is 9.59 Å². The number of amides is 2. The summed E-state index contributed by atoms with van der Waals surface area (Å²) in [5, 5.41) is 8.99. The van der Waals surface area contributed by atoms with E-state index >= 15 is 0 Å². The zero-order valence-corrected chi connectivity index (χ0v) is 24.6. The fraction of sp³-hybridized carbons (Fsp3) is 0.586. The minimum absolute atomic E-state index is 0.0732. The van der Waals surface area contributed by atoms with Crippen LogP contribution >= 0.6 is 0 Å². The third-order valence-corrected chi connectivity index (χ3v) is 8.22. The molecule has 0 bridgehead atoms. The molecule has 0 unspecified atom stereocenters. The first-order chi connectivity index (χ1) is 20.0. The van der Waals surface area contributed by atoms with Gasteiger partial charge in [-0.15, -0.1) is 0 Å². The molecular weight excluding hydrogens is 551 g/mol. The molecule has 1 aliphatic carbocycles. The fourth-order valence-electron chi connectivity index (χ4n) is 5.63.